The van der Waals surface area contributed by atoms with Crippen molar-refractivity contribution in [2.75, 3.05) is 6.54 Å². The van der Waals surface area contributed by atoms with E-state index in [0.29, 0.717) is 0 Å². The van der Waals surface area contributed by atoms with Crippen LogP contribution in [-0.2, 0) is 0 Å². The minimum Gasteiger partial charge on any atom is -0.379 e. The van der Waals surface area contributed by atoms with Gasteiger partial charge in [0.1, 0.15) is 6.23 Å². The van der Waals surface area contributed by atoms with Crippen LogP contribution in [-0.4, -0.2) is 21.3 Å². The molecule has 0 aromatic rings. The van der Waals surface area contributed by atoms with Gasteiger partial charge in [-0.3, -0.25) is 5.32 Å². The Labute approximate surface area is 62.8 Å². The highest BCUT2D eigenvalue weighted by Crippen LogP contribution is 2.27. The summed E-state index contributed by atoms with van der Waals surface area (Å²) < 4.78 is 0.275. The quantitative estimate of drug-likeness (QED) is 0.466. The number of rotatable bonds is 0. The summed E-state index contributed by atoms with van der Waals surface area (Å²) in [6.45, 7) is 3.06. The molecular weight excluding hydrogens is 217 g/mol. The van der Waals surface area contributed by atoms with Crippen LogP contribution in [0.15, 0.2) is 0 Å². The van der Waals surface area contributed by atoms with Crippen molar-refractivity contribution in [3.63, 3.8) is 0 Å². The summed E-state index contributed by atoms with van der Waals surface area (Å²) >= 11 is 2.36. The zero-order valence-corrected chi connectivity index (χ0v) is 6.97. The highest BCUT2D eigenvalue weighted by Gasteiger charge is 2.30. The van der Waals surface area contributed by atoms with Crippen LogP contribution in [0.1, 0.15) is 13.3 Å². The van der Waals surface area contributed by atoms with E-state index in [9.17, 15) is 0 Å². The second kappa shape index (κ2) is 2.11. The Bertz CT molecular complexity index is 94.4. The van der Waals surface area contributed by atoms with E-state index in [1.807, 2.05) is 0 Å². The number of aliphatic hydroxyl groups is 1. The first-order valence-corrected chi connectivity index (χ1v) is 3.78. The maximum atomic E-state index is 8.95. The molecule has 0 spiro atoms. The van der Waals surface area contributed by atoms with E-state index in [4.69, 9.17) is 5.11 Å². The number of hydrogen-bond donors (Lipinski definition) is 2. The Kier molecular flexibility index (Phi) is 1.79. The minimum absolute atomic E-state index is 0.267. The van der Waals surface area contributed by atoms with Crippen molar-refractivity contribution >= 4 is 22.6 Å². The standard InChI is InChI=1S/C5H10INO/c1-5(6)2-4(8)7-3-5/h4,7-8H,2-3H2,1H3. The fraction of sp³-hybridized carbons (Fsp3) is 1.00. The predicted octanol–water partition coefficient (Wildman–Crippen LogP) is 0.492. The molecule has 0 aromatic carbocycles. The highest BCUT2D eigenvalue weighted by atomic mass is 127. The predicted molar refractivity (Wildman–Crippen MR) is 41.1 cm³/mol. The van der Waals surface area contributed by atoms with Crippen molar-refractivity contribution in [2.45, 2.75) is 23.0 Å². The van der Waals surface area contributed by atoms with Crippen LogP contribution in [0, 0.1) is 0 Å². The zero-order valence-electron chi connectivity index (χ0n) is 4.82. The molecule has 1 aliphatic heterocycles. The lowest BCUT2D eigenvalue weighted by molar-refractivity contribution is 0.159. The Morgan fingerprint density at radius 1 is 1.88 bits per heavy atom. The molecule has 2 unspecified atom stereocenters. The average molecular weight is 227 g/mol. The van der Waals surface area contributed by atoms with Crippen molar-refractivity contribution in [3.8, 4) is 0 Å². The molecule has 1 fully saturated rings. The van der Waals surface area contributed by atoms with E-state index in [1.165, 1.54) is 0 Å². The smallest absolute Gasteiger partial charge is 0.106 e. The van der Waals surface area contributed by atoms with Gasteiger partial charge in [0.25, 0.3) is 0 Å². The number of aliphatic hydroxyl groups excluding tert-OH is 1. The van der Waals surface area contributed by atoms with Crippen LogP contribution in [0.3, 0.4) is 0 Å². The number of hydrogen-bond acceptors (Lipinski definition) is 2. The molecule has 0 amide bonds. The molecule has 1 heterocycles. The molecule has 1 saturated heterocycles. The third-order valence-corrected chi connectivity index (χ3v) is 2.15. The second-order valence-electron chi connectivity index (χ2n) is 2.51. The molecule has 2 N–H and O–H groups in total. The molecule has 0 radical (unpaired) electrons. The van der Waals surface area contributed by atoms with Gasteiger partial charge in [-0.05, 0) is 6.92 Å². The van der Waals surface area contributed by atoms with Gasteiger partial charge in [0.2, 0.25) is 0 Å². The van der Waals surface area contributed by atoms with Crippen LogP contribution in [0.4, 0.5) is 0 Å². The summed E-state index contributed by atoms with van der Waals surface area (Å²) in [6, 6.07) is 0. The molecule has 48 valence electrons. The molecule has 0 bridgehead atoms. The first kappa shape index (κ1) is 6.77. The molecule has 3 heteroatoms. The molecule has 1 rings (SSSR count). The van der Waals surface area contributed by atoms with Crippen molar-refractivity contribution < 1.29 is 5.11 Å². The van der Waals surface area contributed by atoms with Crippen LogP contribution in [0.25, 0.3) is 0 Å². The van der Waals surface area contributed by atoms with E-state index in [-0.39, 0.29) is 9.65 Å². The SMILES string of the molecule is CC1(I)CNC(O)C1. The molecular formula is C5H10INO. The normalized spacial score (nSPS) is 47.6. The van der Waals surface area contributed by atoms with Gasteiger partial charge in [-0.2, -0.15) is 0 Å². The first-order valence-electron chi connectivity index (χ1n) is 2.70. The van der Waals surface area contributed by atoms with Gasteiger partial charge in [-0.25, -0.2) is 0 Å². The Hall–Kier alpha value is 0.650. The van der Waals surface area contributed by atoms with E-state index in [0.717, 1.165) is 13.0 Å². The fourth-order valence-electron chi connectivity index (χ4n) is 0.878. The molecule has 0 aliphatic carbocycles. The lowest BCUT2D eigenvalue weighted by Gasteiger charge is -2.10. The summed E-state index contributed by atoms with van der Waals surface area (Å²) in [6.07, 6.45) is 0.602. The summed E-state index contributed by atoms with van der Waals surface area (Å²) in [7, 11) is 0. The largest absolute Gasteiger partial charge is 0.379 e. The van der Waals surface area contributed by atoms with Gasteiger partial charge in [0.15, 0.2) is 0 Å². The maximum absolute atomic E-state index is 8.95. The van der Waals surface area contributed by atoms with Gasteiger partial charge >= 0.3 is 0 Å². The summed E-state index contributed by atoms with van der Waals surface area (Å²) in [5.74, 6) is 0. The molecule has 0 saturated carbocycles. The second-order valence-corrected chi connectivity index (χ2v) is 5.12. The highest BCUT2D eigenvalue weighted by molar-refractivity contribution is 14.1. The number of halogens is 1. The Morgan fingerprint density at radius 2 is 2.50 bits per heavy atom. The monoisotopic (exact) mass is 227 g/mol. The maximum Gasteiger partial charge on any atom is 0.106 e. The summed E-state index contributed by atoms with van der Waals surface area (Å²) in [5.41, 5.74) is 0. The summed E-state index contributed by atoms with van der Waals surface area (Å²) in [4.78, 5) is 0. The van der Waals surface area contributed by atoms with Gasteiger partial charge in [0.05, 0.1) is 0 Å². The van der Waals surface area contributed by atoms with Gasteiger partial charge in [-0.1, -0.05) is 22.6 Å². The Balaban J connectivity index is 2.44. The first-order chi connectivity index (χ1) is 3.60. The van der Waals surface area contributed by atoms with Crippen LogP contribution >= 0.6 is 22.6 Å². The van der Waals surface area contributed by atoms with E-state index >= 15 is 0 Å². The third kappa shape index (κ3) is 1.56. The fourth-order valence-corrected chi connectivity index (χ4v) is 1.52. The van der Waals surface area contributed by atoms with Gasteiger partial charge in [0, 0.05) is 16.4 Å². The van der Waals surface area contributed by atoms with Crippen molar-refractivity contribution in [1.29, 1.82) is 0 Å². The third-order valence-electron chi connectivity index (χ3n) is 1.33. The minimum atomic E-state index is -0.267. The lowest BCUT2D eigenvalue weighted by Crippen LogP contribution is -2.21. The van der Waals surface area contributed by atoms with E-state index in [1.54, 1.807) is 0 Å². The van der Waals surface area contributed by atoms with Gasteiger partial charge in [-0.15, -0.1) is 0 Å². The van der Waals surface area contributed by atoms with E-state index in [2.05, 4.69) is 34.8 Å². The number of alkyl halides is 1. The number of nitrogens with one attached hydrogen (secondary N) is 1. The van der Waals surface area contributed by atoms with Crippen molar-refractivity contribution in [3.05, 3.63) is 0 Å². The average Bonchev–Trinajstić information content (AvgIpc) is 1.82. The molecule has 1 aliphatic rings. The van der Waals surface area contributed by atoms with Crippen molar-refractivity contribution in [1.82, 2.24) is 5.32 Å². The van der Waals surface area contributed by atoms with Crippen LogP contribution in [0.2, 0.25) is 0 Å². The zero-order chi connectivity index (χ0) is 6.20. The lowest BCUT2D eigenvalue weighted by atomic mass is 10.1. The summed E-state index contributed by atoms with van der Waals surface area (Å²) in [5, 5.41) is 11.9. The molecule has 8 heavy (non-hydrogen) atoms. The molecule has 2 atom stereocenters. The van der Waals surface area contributed by atoms with Crippen LogP contribution in [0.5, 0.6) is 0 Å². The van der Waals surface area contributed by atoms with Crippen LogP contribution < -0.4 is 5.32 Å². The van der Waals surface area contributed by atoms with Crippen molar-refractivity contribution in [2.24, 2.45) is 0 Å². The van der Waals surface area contributed by atoms with Gasteiger partial charge < -0.3 is 5.11 Å². The molecule has 0 aromatic heterocycles. The topological polar surface area (TPSA) is 32.3 Å². The van der Waals surface area contributed by atoms with E-state index < -0.39 is 0 Å². The Morgan fingerprint density at radius 3 is 2.62 bits per heavy atom. The molecule has 2 nitrogen and oxygen atoms in total.